The average Bonchev–Trinajstić information content (AvgIpc) is 2.37. The van der Waals surface area contributed by atoms with E-state index in [2.05, 4.69) is 0 Å². The summed E-state index contributed by atoms with van der Waals surface area (Å²) in [5.41, 5.74) is 1.68. The average molecular weight is 314 g/mol. The van der Waals surface area contributed by atoms with Crippen molar-refractivity contribution in [3.05, 3.63) is 54.1 Å². The van der Waals surface area contributed by atoms with E-state index in [9.17, 15) is 21.6 Å². The Hall–Kier alpha value is -1.82. The van der Waals surface area contributed by atoms with Crippen LogP contribution in [-0.4, -0.2) is 20.8 Å². The van der Waals surface area contributed by atoms with Gasteiger partial charge in [0.25, 0.3) is 0 Å². The highest BCUT2D eigenvalue weighted by atomic mass is 32.2. The van der Waals surface area contributed by atoms with E-state index in [0.29, 0.717) is 0 Å². The van der Waals surface area contributed by atoms with Crippen LogP contribution in [0.1, 0.15) is 5.56 Å². The number of benzene rings is 2. The molecule has 0 aliphatic rings. The fourth-order valence-electron chi connectivity index (χ4n) is 1.94. The topological polar surface area (TPSA) is 34.1 Å². The second-order valence-corrected chi connectivity index (χ2v) is 6.80. The third-order valence-corrected chi connectivity index (χ3v) is 4.10. The van der Waals surface area contributed by atoms with Gasteiger partial charge in [0.05, 0.1) is 11.3 Å². The van der Waals surface area contributed by atoms with Crippen molar-refractivity contribution < 1.29 is 21.6 Å². The molecule has 2 nitrogen and oxygen atoms in total. The van der Waals surface area contributed by atoms with Crippen LogP contribution in [-0.2, 0) is 16.3 Å². The summed E-state index contributed by atoms with van der Waals surface area (Å²) in [6.45, 7) is 0. The molecule has 0 bridgehead atoms. The Balaban J connectivity index is 2.23. The van der Waals surface area contributed by atoms with Crippen molar-refractivity contribution in [2.24, 2.45) is 0 Å². The number of sulfone groups is 1. The second-order valence-electron chi connectivity index (χ2n) is 4.79. The summed E-state index contributed by atoms with van der Waals surface area (Å²) in [4.78, 5) is 0.208. The molecule has 2 aromatic carbocycles. The van der Waals surface area contributed by atoms with E-state index >= 15 is 0 Å². The fourth-order valence-corrected chi connectivity index (χ4v) is 2.57. The van der Waals surface area contributed by atoms with Gasteiger partial charge in [0.1, 0.15) is 0 Å². The first-order valence-electron chi connectivity index (χ1n) is 6.11. The highest BCUT2D eigenvalue weighted by Gasteiger charge is 2.27. The predicted molar refractivity (Wildman–Crippen MR) is 74.7 cm³/mol. The van der Waals surface area contributed by atoms with Crippen molar-refractivity contribution in [2.45, 2.75) is 17.5 Å². The van der Waals surface area contributed by atoms with Gasteiger partial charge in [0.2, 0.25) is 0 Å². The summed E-state index contributed by atoms with van der Waals surface area (Å²) in [5, 5.41) is 0. The number of alkyl halides is 3. The van der Waals surface area contributed by atoms with Crippen LogP contribution in [0.2, 0.25) is 0 Å². The lowest BCUT2D eigenvalue weighted by Gasteiger charge is -2.08. The van der Waals surface area contributed by atoms with Gasteiger partial charge in [-0.1, -0.05) is 36.4 Å². The van der Waals surface area contributed by atoms with Crippen LogP contribution >= 0.6 is 0 Å². The van der Waals surface area contributed by atoms with Gasteiger partial charge in [-0.3, -0.25) is 0 Å². The summed E-state index contributed by atoms with van der Waals surface area (Å²) in [6, 6.07) is 12.3. The summed E-state index contributed by atoms with van der Waals surface area (Å²) in [6.07, 6.45) is -4.06. The van der Waals surface area contributed by atoms with E-state index in [1.54, 1.807) is 24.3 Å². The van der Waals surface area contributed by atoms with Gasteiger partial charge in [-0.25, -0.2) is 8.42 Å². The van der Waals surface area contributed by atoms with Crippen LogP contribution in [0.25, 0.3) is 11.1 Å². The molecule has 0 amide bonds. The summed E-state index contributed by atoms with van der Waals surface area (Å²) in [5.74, 6) is 0. The molecule has 0 aliphatic carbocycles. The Bertz CT molecular complexity index is 715. The van der Waals surface area contributed by atoms with Gasteiger partial charge in [-0.15, -0.1) is 0 Å². The van der Waals surface area contributed by atoms with Crippen LogP contribution in [0.5, 0.6) is 0 Å². The van der Waals surface area contributed by atoms with Gasteiger partial charge in [-0.05, 0) is 28.8 Å². The van der Waals surface area contributed by atoms with Gasteiger partial charge in [-0.2, -0.15) is 13.2 Å². The zero-order chi connectivity index (χ0) is 15.7. The molecule has 112 valence electrons. The number of rotatable bonds is 3. The van der Waals surface area contributed by atoms with Gasteiger partial charge in [0.15, 0.2) is 9.84 Å². The zero-order valence-electron chi connectivity index (χ0n) is 11.2. The molecule has 0 spiro atoms. The molecule has 6 heteroatoms. The molecule has 2 aromatic rings. The smallest absolute Gasteiger partial charge is 0.224 e. The third-order valence-electron chi connectivity index (χ3n) is 2.97. The summed E-state index contributed by atoms with van der Waals surface area (Å²) >= 11 is 0. The molecule has 0 unspecified atom stereocenters. The highest BCUT2D eigenvalue weighted by Crippen LogP contribution is 2.25. The minimum atomic E-state index is -4.22. The maximum absolute atomic E-state index is 12.3. The number of halogens is 3. The molecular weight excluding hydrogens is 301 g/mol. The van der Waals surface area contributed by atoms with Crippen LogP contribution in [0.3, 0.4) is 0 Å². The van der Waals surface area contributed by atoms with Crippen LogP contribution in [0, 0.1) is 0 Å². The Morgan fingerprint density at radius 1 is 0.857 bits per heavy atom. The lowest BCUT2D eigenvalue weighted by atomic mass is 10.0. The highest BCUT2D eigenvalue weighted by molar-refractivity contribution is 7.90. The summed E-state index contributed by atoms with van der Waals surface area (Å²) < 4.78 is 59.5. The Kier molecular flexibility index (Phi) is 4.09. The zero-order valence-corrected chi connectivity index (χ0v) is 12.0. The largest absolute Gasteiger partial charge is 0.393 e. The lowest BCUT2D eigenvalue weighted by Crippen LogP contribution is -2.11. The molecule has 2 rings (SSSR count). The van der Waals surface area contributed by atoms with E-state index in [4.69, 9.17) is 0 Å². The molecule has 0 saturated carbocycles. The Labute approximate surface area is 121 Å². The standard InChI is InChI=1S/C15H13F3O2S/c1-21(19,20)14-8-6-13(7-9-14)12-4-2-11(3-5-12)10-15(16,17)18/h2-9H,10H2,1H3. The van der Waals surface area contributed by atoms with Crippen molar-refractivity contribution in [1.82, 2.24) is 0 Å². The minimum absolute atomic E-state index is 0.194. The first-order chi connectivity index (χ1) is 9.65. The van der Waals surface area contributed by atoms with Crippen LogP contribution in [0.4, 0.5) is 13.2 Å². The van der Waals surface area contributed by atoms with Crippen molar-refractivity contribution in [2.75, 3.05) is 6.26 Å². The SMILES string of the molecule is CS(=O)(=O)c1ccc(-c2ccc(CC(F)(F)F)cc2)cc1. The first-order valence-corrected chi connectivity index (χ1v) is 8.00. The molecule has 0 radical (unpaired) electrons. The van der Waals surface area contributed by atoms with E-state index in [0.717, 1.165) is 17.4 Å². The van der Waals surface area contributed by atoms with Crippen molar-refractivity contribution in [3.8, 4) is 11.1 Å². The molecule has 0 aromatic heterocycles. The van der Waals surface area contributed by atoms with Gasteiger partial charge >= 0.3 is 6.18 Å². The lowest BCUT2D eigenvalue weighted by molar-refractivity contribution is -0.127. The monoisotopic (exact) mass is 314 g/mol. The second kappa shape index (κ2) is 5.52. The molecule has 0 atom stereocenters. The normalized spacial score (nSPS) is 12.4. The van der Waals surface area contributed by atoms with Gasteiger partial charge in [0, 0.05) is 6.26 Å². The van der Waals surface area contributed by atoms with E-state index in [1.807, 2.05) is 0 Å². The van der Waals surface area contributed by atoms with Crippen LogP contribution < -0.4 is 0 Å². The molecule has 0 N–H and O–H groups in total. The van der Waals surface area contributed by atoms with Gasteiger partial charge < -0.3 is 0 Å². The molecular formula is C15H13F3O2S. The summed E-state index contributed by atoms with van der Waals surface area (Å²) in [7, 11) is -3.25. The molecule has 0 heterocycles. The van der Waals surface area contributed by atoms with E-state index < -0.39 is 22.4 Å². The Morgan fingerprint density at radius 2 is 1.29 bits per heavy atom. The molecule has 0 fully saturated rings. The third kappa shape index (κ3) is 4.32. The number of hydrogen-bond donors (Lipinski definition) is 0. The van der Waals surface area contributed by atoms with Crippen molar-refractivity contribution in [1.29, 1.82) is 0 Å². The predicted octanol–water partition coefficient (Wildman–Crippen LogP) is 3.86. The quantitative estimate of drug-likeness (QED) is 0.862. The minimum Gasteiger partial charge on any atom is -0.224 e. The molecule has 0 saturated heterocycles. The van der Waals surface area contributed by atoms with Crippen LogP contribution in [0.15, 0.2) is 53.4 Å². The number of hydrogen-bond acceptors (Lipinski definition) is 2. The van der Waals surface area contributed by atoms with Crippen molar-refractivity contribution in [3.63, 3.8) is 0 Å². The van der Waals surface area contributed by atoms with E-state index in [1.165, 1.54) is 24.3 Å². The fraction of sp³-hybridized carbons (Fsp3) is 0.200. The maximum atomic E-state index is 12.3. The van der Waals surface area contributed by atoms with E-state index in [-0.39, 0.29) is 10.5 Å². The molecule has 21 heavy (non-hydrogen) atoms. The maximum Gasteiger partial charge on any atom is 0.393 e. The molecule has 0 aliphatic heterocycles. The first kappa shape index (κ1) is 15.6. The Morgan fingerprint density at radius 3 is 1.67 bits per heavy atom. The van der Waals surface area contributed by atoms with Crippen molar-refractivity contribution >= 4 is 9.84 Å².